The number of alkyl halides is 3. The molecule has 0 spiro atoms. The highest BCUT2D eigenvalue weighted by Crippen LogP contribution is 2.30. The second-order valence-corrected chi connectivity index (χ2v) is 6.44. The van der Waals surface area contributed by atoms with Gasteiger partial charge in [0.2, 0.25) is 0 Å². The van der Waals surface area contributed by atoms with Crippen LogP contribution in [0.1, 0.15) is 46.5 Å². The van der Waals surface area contributed by atoms with Crippen LogP contribution in [-0.2, 0) is 0 Å². The van der Waals surface area contributed by atoms with E-state index in [0.29, 0.717) is 19.4 Å². The van der Waals surface area contributed by atoms with E-state index in [1.807, 2.05) is 20.8 Å². The highest BCUT2D eigenvalue weighted by molar-refractivity contribution is 4.88. The normalized spacial score (nSPS) is 19.6. The van der Waals surface area contributed by atoms with Crippen LogP contribution in [-0.4, -0.2) is 53.5 Å². The molecular formula is C14H27F3N2O. The van der Waals surface area contributed by atoms with Crippen LogP contribution in [0.25, 0.3) is 0 Å². The number of aliphatic hydroxyl groups is 1. The molecule has 1 aliphatic rings. The van der Waals surface area contributed by atoms with Gasteiger partial charge in [-0.2, -0.15) is 13.2 Å². The second-order valence-electron chi connectivity index (χ2n) is 6.44. The van der Waals surface area contributed by atoms with Crippen LogP contribution in [0.5, 0.6) is 0 Å². The molecule has 1 unspecified atom stereocenters. The first-order chi connectivity index (χ1) is 9.15. The third-order valence-electron chi connectivity index (χ3n) is 3.61. The molecule has 0 aromatic heterocycles. The maximum Gasteiger partial charge on any atom is 0.401 e. The Kier molecular flexibility index (Phi) is 6.28. The summed E-state index contributed by atoms with van der Waals surface area (Å²) in [5.41, 5.74) is -0.415. The lowest BCUT2D eigenvalue weighted by Crippen LogP contribution is -2.49. The summed E-state index contributed by atoms with van der Waals surface area (Å²) >= 11 is 0. The Labute approximate surface area is 119 Å². The largest absolute Gasteiger partial charge is 0.401 e. The molecule has 0 aliphatic heterocycles. The molecule has 120 valence electrons. The van der Waals surface area contributed by atoms with Crippen LogP contribution < -0.4 is 5.32 Å². The van der Waals surface area contributed by atoms with Crippen molar-refractivity contribution in [3.63, 3.8) is 0 Å². The van der Waals surface area contributed by atoms with Gasteiger partial charge in [-0.05, 0) is 39.2 Å². The molecule has 0 bridgehead atoms. The molecule has 0 amide bonds. The Bertz CT molecular complexity index is 293. The average Bonchev–Trinajstić information content (AvgIpc) is 3.08. The van der Waals surface area contributed by atoms with E-state index in [9.17, 15) is 18.3 Å². The third-order valence-corrected chi connectivity index (χ3v) is 3.61. The van der Waals surface area contributed by atoms with Crippen molar-refractivity contribution in [3.05, 3.63) is 0 Å². The Balaban J connectivity index is 2.39. The number of rotatable bonds is 9. The first kappa shape index (κ1) is 17.7. The van der Waals surface area contributed by atoms with Crippen molar-refractivity contribution in [2.24, 2.45) is 0 Å². The molecule has 0 saturated heterocycles. The SMILES string of the molecule is CC(C)NC(C)(CO)CCCN(CC(F)(F)F)C1CC1. The maximum absolute atomic E-state index is 12.5. The van der Waals surface area contributed by atoms with Crippen molar-refractivity contribution in [2.75, 3.05) is 19.7 Å². The van der Waals surface area contributed by atoms with Crippen LogP contribution in [0.15, 0.2) is 0 Å². The van der Waals surface area contributed by atoms with Gasteiger partial charge in [-0.25, -0.2) is 0 Å². The lowest BCUT2D eigenvalue weighted by molar-refractivity contribution is -0.147. The molecule has 1 saturated carbocycles. The van der Waals surface area contributed by atoms with Gasteiger partial charge in [0.1, 0.15) is 0 Å². The van der Waals surface area contributed by atoms with Crippen molar-refractivity contribution in [1.82, 2.24) is 10.2 Å². The average molecular weight is 296 g/mol. The van der Waals surface area contributed by atoms with Crippen molar-refractivity contribution >= 4 is 0 Å². The molecule has 1 rings (SSSR count). The molecule has 20 heavy (non-hydrogen) atoms. The monoisotopic (exact) mass is 296 g/mol. The molecule has 0 aromatic rings. The lowest BCUT2D eigenvalue weighted by atomic mass is 9.95. The van der Waals surface area contributed by atoms with Crippen LogP contribution in [0.3, 0.4) is 0 Å². The smallest absolute Gasteiger partial charge is 0.394 e. The van der Waals surface area contributed by atoms with Gasteiger partial charge in [0.15, 0.2) is 0 Å². The summed E-state index contributed by atoms with van der Waals surface area (Å²) in [4.78, 5) is 1.53. The van der Waals surface area contributed by atoms with Crippen molar-refractivity contribution < 1.29 is 18.3 Å². The Morgan fingerprint density at radius 2 is 1.90 bits per heavy atom. The van der Waals surface area contributed by atoms with Crippen LogP contribution >= 0.6 is 0 Å². The van der Waals surface area contributed by atoms with Gasteiger partial charge in [-0.15, -0.1) is 0 Å². The van der Waals surface area contributed by atoms with Gasteiger partial charge in [0.05, 0.1) is 13.2 Å². The van der Waals surface area contributed by atoms with E-state index < -0.39 is 18.3 Å². The minimum atomic E-state index is -4.13. The molecule has 1 fully saturated rings. The van der Waals surface area contributed by atoms with Crippen molar-refractivity contribution in [2.45, 2.75) is 70.3 Å². The number of hydrogen-bond donors (Lipinski definition) is 2. The molecular weight excluding hydrogens is 269 g/mol. The minimum absolute atomic E-state index is 0.00607. The van der Waals surface area contributed by atoms with Gasteiger partial charge in [-0.1, -0.05) is 13.8 Å². The van der Waals surface area contributed by atoms with E-state index in [-0.39, 0.29) is 18.7 Å². The minimum Gasteiger partial charge on any atom is -0.394 e. The van der Waals surface area contributed by atoms with Gasteiger partial charge < -0.3 is 10.4 Å². The highest BCUT2D eigenvalue weighted by atomic mass is 19.4. The Morgan fingerprint density at radius 1 is 1.30 bits per heavy atom. The summed E-state index contributed by atoms with van der Waals surface area (Å²) < 4.78 is 37.5. The molecule has 1 aliphatic carbocycles. The quantitative estimate of drug-likeness (QED) is 0.686. The molecule has 0 heterocycles. The number of nitrogens with one attached hydrogen (secondary N) is 1. The zero-order chi connectivity index (χ0) is 15.4. The molecule has 0 aromatic carbocycles. The lowest BCUT2D eigenvalue weighted by Gasteiger charge is -2.32. The molecule has 3 nitrogen and oxygen atoms in total. The second kappa shape index (κ2) is 7.09. The van der Waals surface area contributed by atoms with Gasteiger partial charge >= 0.3 is 6.18 Å². The van der Waals surface area contributed by atoms with E-state index in [1.54, 1.807) is 0 Å². The first-order valence-electron chi connectivity index (χ1n) is 7.34. The van der Waals surface area contributed by atoms with E-state index in [0.717, 1.165) is 12.8 Å². The number of halogens is 3. The van der Waals surface area contributed by atoms with Gasteiger partial charge in [-0.3, -0.25) is 4.90 Å². The van der Waals surface area contributed by atoms with E-state index in [4.69, 9.17) is 0 Å². The Morgan fingerprint density at radius 3 is 2.30 bits per heavy atom. The summed E-state index contributed by atoms with van der Waals surface area (Å²) in [7, 11) is 0. The number of aliphatic hydroxyl groups excluding tert-OH is 1. The highest BCUT2D eigenvalue weighted by Gasteiger charge is 2.37. The molecule has 1 atom stereocenters. The summed E-state index contributed by atoms with van der Waals surface area (Å²) in [6, 6.07) is 0.344. The van der Waals surface area contributed by atoms with Crippen LogP contribution in [0, 0.1) is 0 Å². The fourth-order valence-electron chi connectivity index (χ4n) is 2.63. The number of nitrogens with zero attached hydrogens (tertiary/aromatic N) is 1. The van der Waals surface area contributed by atoms with E-state index >= 15 is 0 Å². The fourth-order valence-corrected chi connectivity index (χ4v) is 2.63. The summed E-state index contributed by atoms with van der Waals surface area (Å²) in [6.07, 6.45) is -1.06. The van der Waals surface area contributed by atoms with Gasteiger partial charge in [0, 0.05) is 17.6 Å². The van der Waals surface area contributed by atoms with E-state index in [2.05, 4.69) is 5.32 Å². The predicted molar refractivity (Wildman–Crippen MR) is 73.6 cm³/mol. The molecule has 2 N–H and O–H groups in total. The number of hydrogen-bond acceptors (Lipinski definition) is 3. The zero-order valence-corrected chi connectivity index (χ0v) is 12.6. The topological polar surface area (TPSA) is 35.5 Å². The van der Waals surface area contributed by atoms with Gasteiger partial charge in [0.25, 0.3) is 0 Å². The maximum atomic E-state index is 12.5. The summed E-state index contributed by atoms with van der Waals surface area (Å²) in [5.74, 6) is 0. The summed E-state index contributed by atoms with van der Waals surface area (Å²) in [5, 5.41) is 12.7. The summed E-state index contributed by atoms with van der Waals surface area (Å²) in [6.45, 7) is 5.53. The Hall–Kier alpha value is -0.330. The predicted octanol–water partition coefficient (Wildman–Crippen LogP) is 2.54. The third kappa shape index (κ3) is 6.90. The van der Waals surface area contributed by atoms with Crippen molar-refractivity contribution in [3.8, 4) is 0 Å². The van der Waals surface area contributed by atoms with Crippen LogP contribution in [0.4, 0.5) is 13.2 Å². The standard InChI is InChI=1S/C14H27F3N2O/c1-11(2)18-13(3,10-20)7-4-8-19(12-5-6-12)9-14(15,16)17/h11-12,18,20H,4-10H2,1-3H3. The fraction of sp³-hybridized carbons (Fsp3) is 1.00. The molecule has 0 radical (unpaired) electrons. The van der Waals surface area contributed by atoms with Crippen molar-refractivity contribution in [1.29, 1.82) is 0 Å². The molecule has 6 heteroatoms. The van der Waals surface area contributed by atoms with E-state index in [1.165, 1.54) is 4.90 Å². The van der Waals surface area contributed by atoms with Crippen LogP contribution in [0.2, 0.25) is 0 Å². The zero-order valence-electron chi connectivity index (χ0n) is 12.6. The first-order valence-corrected chi connectivity index (χ1v) is 7.34.